The predicted octanol–water partition coefficient (Wildman–Crippen LogP) is 3.58. The third-order valence-electron chi connectivity index (χ3n) is 4.08. The second-order valence-corrected chi connectivity index (χ2v) is 6.59. The van der Waals surface area contributed by atoms with Crippen molar-refractivity contribution in [2.24, 2.45) is 0 Å². The zero-order chi connectivity index (χ0) is 17.8. The maximum atomic E-state index is 12.5. The molecule has 134 valence electrons. The highest BCUT2D eigenvalue weighted by atomic mass is 16.5. The van der Waals surface area contributed by atoms with Crippen LogP contribution in [0, 0.1) is 6.92 Å². The molecule has 1 saturated heterocycles. The number of likely N-dealkylation sites (tertiary alicyclic amines) is 1. The molecule has 1 aromatic heterocycles. The molecule has 1 N–H and O–H groups in total. The van der Waals surface area contributed by atoms with Crippen molar-refractivity contribution in [3.05, 3.63) is 36.0 Å². The normalized spacial score (nSPS) is 17.6. The van der Waals surface area contributed by atoms with Gasteiger partial charge >= 0.3 is 6.03 Å². The fraction of sp³-hybridized carbons (Fsp3) is 0.500. The number of aryl methyl sites for hydroxylation is 1. The van der Waals surface area contributed by atoms with Gasteiger partial charge in [0.25, 0.3) is 0 Å². The van der Waals surface area contributed by atoms with Gasteiger partial charge in [-0.15, -0.1) is 0 Å². The van der Waals surface area contributed by atoms with E-state index in [0.717, 1.165) is 30.8 Å². The molecule has 25 heavy (non-hydrogen) atoms. The largest absolute Gasteiger partial charge is 0.491 e. The SMILES string of the molecule is Cc1noc([C@@H]2CCCN(C(=O)Nc3ccc(OC(C)C)cc3)C2)n1. The number of amides is 2. The van der Waals surface area contributed by atoms with Crippen LogP contribution in [0.25, 0.3) is 0 Å². The average Bonchev–Trinajstić information content (AvgIpc) is 3.03. The summed E-state index contributed by atoms with van der Waals surface area (Å²) < 4.78 is 10.9. The van der Waals surface area contributed by atoms with Gasteiger partial charge in [0.05, 0.1) is 12.0 Å². The molecular weight excluding hydrogens is 320 g/mol. The minimum Gasteiger partial charge on any atom is -0.491 e. The number of carbonyl (C=O) groups excluding carboxylic acids is 1. The summed E-state index contributed by atoms with van der Waals surface area (Å²) in [5.74, 6) is 2.13. The highest BCUT2D eigenvalue weighted by Gasteiger charge is 2.28. The number of anilines is 1. The van der Waals surface area contributed by atoms with Gasteiger partial charge in [0, 0.05) is 18.8 Å². The van der Waals surface area contributed by atoms with Crippen LogP contribution in [0.4, 0.5) is 10.5 Å². The Balaban J connectivity index is 1.58. The second kappa shape index (κ2) is 7.55. The third-order valence-corrected chi connectivity index (χ3v) is 4.08. The minimum absolute atomic E-state index is 0.0996. The van der Waals surface area contributed by atoms with E-state index in [1.807, 2.05) is 38.1 Å². The molecule has 0 radical (unpaired) electrons. The van der Waals surface area contributed by atoms with Crippen LogP contribution in [0.15, 0.2) is 28.8 Å². The zero-order valence-electron chi connectivity index (χ0n) is 14.9. The molecule has 1 aliphatic rings. The Labute approximate surface area is 147 Å². The van der Waals surface area contributed by atoms with Gasteiger partial charge in [0.1, 0.15) is 5.75 Å². The minimum atomic E-state index is -0.113. The van der Waals surface area contributed by atoms with Crippen LogP contribution in [0.5, 0.6) is 5.75 Å². The molecule has 7 nitrogen and oxygen atoms in total. The zero-order valence-corrected chi connectivity index (χ0v) is 14.9. The number of carbonyl (C=O) groups is 1. The van der Waals surface area contributed by atoms with Gasteiger partial charge in [-0.05, 0) is 57.9 Å². The lowest BCUT2D eigenvalue weighted by molar-refractivity contribution is 0.184. The van der Waals surface area contributed by atoms with Crippen LogP contribution in [-0.2, 0) is 0 Å². The number of ether oxygens (including phenoxy) is 1. The van der Waals surface area contributed by atoms with Crippen molar-refractivity contribution in [2.45, 2.75) is 45.6 Å². The fourth-order valence-electron chi connectivity index (χ4n) is 2.93. The highest BCUT2D eigenvalue weighted by Crippen LogP contribution is 2.26. The van der Waals surface area contributed by atoms with E-state index in [1.54, 1.807) is 11.8 Å². The first kappa shape index (κ1) is 17.3. The van der Waals surface area contributed by atoms with Gasteiger partial charge in [-0.3, -0.25) is 0 Å². The number of aromatic nitrogens is 2. The van der Waals surface area contributed by atoms with E-state index in [2.05, 4.69) is 15.5 Å². The Morgan fingerprint density at radius 3 is 2.76 bits per heavy atom. The predicted molar refractivity (Wildman–Crippen MR) is 93.8 cm³/mol. The summed E-state index contributed by atoms with van der Waals surface area (Å²) in [5.41, 5.74) is 0.747. The van der Waals surface area contributed by atoms with Gasteiger partial charge in [-0.25, -0.2) is 4.79 Å². The molecule has 3 rings (SSSR count). The molecule has 2 amide bonds. The molecule has 1 fully saturated rings. The summed E-state index contributed by atoms with van der Waals surface area (Å²) in [6.07, 6.45) is 1.99. The lowest BCUT2D eigenvalue weighted by Crippen LogP contribution is -2.41. The van der Waals surface area contributed by atoms with E-state index in [4.69, 9.17) is 9.26 Å². The number of nitrogens with zero attached hydrogens (tertiary/aromatic N) is 3. The van der Waals surface area contributed by atoms with Crippen molar-refractivity contribution in [1.82, 2.24) is 15.0 Å². The topological polar surface area (TPSA) is 80.5 Å². The number of hydrogen-bond acceptors (Lipinski definition) is 5. The van der Waals surface area contributed by atoms with Crippen LogP contribution in [0.1, 0.15) is 44.3 Å². The monoisotopic (exact) mass is 344 g/mol. The molecule has 0 aliphatic carbocycles. The molecule has 1 aliphatic heterocycles. The van der Waals surface area contributed by atoms with Crippen molar-refractivity contribution in [3.63, 3.8) is 0 Å². The van der Waals surface area contributed by atoms with Crippen molar-refractivity contribution < 1.29 is 14.1 Å². The van der Waals surface area contributed by atoms with Gasteiger partial charge in [0.15, 0.2) is 5.82 Å². The van der Waals surface area contributed by atoms with Gasteiger partial charge in [0.2, 0.25) is 5.89 Å². The fourth-order valence-corrected chi connectivity index (χ4v) is 2.93. The smallest absolute Gasteiger partial charge is 0.321 e. The van der Waals surface area contributed by atoms with E-state index in [0.29, 0.717) is 18.3 Å². The Morgan fingerprint density at radius 1 is 1.36 bits per heavy atom. The first-order chi connectivity index (χ1) is 12.0. The maximum Gasteiger partial charge on any atom is 0.321 e. The lowest BCUT2D eigenvalue weighted by Gasteiger charge is -2.31. The lowest BCUT2D eigenvalue weighted by atomic mass is 9.98. The molecule has 2 aromatic rings. The Bertz CT molecular complexity index is 711. The first-order valence-electron chi connectivity index (χ1n) is 8.64. The number of nitrogens with one attached hydrogen (secondary N) is 1. The highest BCUT2D eigenvalue weighted by molar-refractivity contribution is 5.89. The number of benzene rings is 1. The van der Waals surface area contributed by atoms with Crippen molar-refractivity contribution >= 4 is 11.7 Å². The molecular formula is C18H24N4O3. The molecule has 0 bridgehead atoms. The molecule has 0 saturated carbocycles. The standard InChI is InChI=1S/C18H24N4O3/c1-12(2)24-16-8-6-15(7-9-16)20-18(23)22-10-4-5-14(11-22)17-19-13(3)21-25-17/h6-9,12,14H,4-5,10-11H2,1-3H3,(H,20,23)/t14-/m1/s1. The van der Waals surface area contributed by atoms with Gasteiger partial charge < -0.3 is 19.5 Å². The van der Waals surface area contributed by atoms with Crippen molar-refractivity contribution in [2.75, 3.05) is 18.4 Å². The Hall–Kier alpha value is -2.57. The summed E-state index contributed by atoms with van der Waals surface area (Å²) >= 11 is 0. The number of urea groups is 1. The van der Waals surface area contributed by atoms with E-state index in [9.17, 15) is 4.79 Å². The van der Waals surface area contributed by atoms with Gasteiger partial charge in [-0.2, -0.15) is 4.98 Å². The summed E-state index contributed by atoms with van der Waals surface area (Å²) in [6, 6.07) is 7.29. The maximum absolute atomic E-state index is 12.5. The number of hydrogen-bond donors (Lipinski definition) is 1. The number of piperidine rings is 1. The van der Waals surface area contributed by atoms with Crippen molar-refractivity contribution in [3.8, 4) is 5.75 Å². The quantitative estimate of drug-likeness (QED) is 0.917. The van der Waals surface area contributed by atoms with E-state index < -0.39 is 0 Å². The third kappa shape index (κ3) is 4.49. The summed E-state index contributed by atoms with van der Waals surface area (Å²) in [5, 5.41) is 6.78. The molecule has 2 heterocycles. The van der Waals surface area contributed by atoms with E-state index in [-0.39, 0.29) is 18.1 Å². The van der Waals surface area contributed by atoms with Crippen LogP contribution < -0.4 is 10.1 Å². The second-order valence-electron chi connectivity index (χ2n) is 6.59. The summed E-state index contributed by atoms with van der Waals surface area (Å²) in [7, 11) is 0. The van der Waals surface area contributed by atoms with Crippen LogP contribution >= 0.6 is 0 Å². The van der Waals surface area contributed by atoms with Crippen LogP contribution in [0.2, 0.25) is 0 Å². The summed E-state index contributed by atoms with van der Waals surface area (Å²) in [6.45, 7) is 7.07. The van der Waals surface area contributed by atoms with Crippen LogP contribution in [-0.4, -0.2) is 40.3 Å². The molecule has 0 spiro atoms. The molecule has 7 heteroatoms. The Morgan fingerprint density at radius 2 is 2.12 bits per heavy atom. The van der Waals surface area contributed by atoms with Crippen molar-refractivity contribution in [1.29, 1.82) is 0 Å². The van der Waals surface area contributed by atoms with Crippen LogP contribution in [0.3, 0.4) is 0 Å². The van der Waals surface area contributed by atoms with E-state index >= 15 is 0 Å². The number of rotatable bonds is 4. The van der Waals surface area contributed by atoms with Gasteiger partial charge in [-0.1, -0.05) is 5.16 Å². The van der Waals surface area contributed by atoms with E-state index in [1.165, 1.54) is 0 Å². The molecule has 1 aromatic carbocycles. The summed E-state index contributed by atoms with van der Waals surface area (Å²) in [4.78, 5) is 18.6. The molecule has 0 unspecified atom stereocenters. The molecule has 1 atom stereocenters. The Kier molecular flexibility index (Phi) is 5.21. The average molecular weight is 344 g/mol. The first-order valence-corrected chi connectivity index (χ1v) is 8.64.